The molecule has 3 aliphatic rings. The van der Waals surface area contributed by atoms with Gasteiger partial charge in [-0.05, 0) is 76.6 Å². The largest absolute Gasteiger partial charge is 0.488 e. The monoisotopic (exact) mass is 882 g/mol. The Morgan fingerprint density at radius 3 is 2.34 bits per heavy atom. The van der Waals surface area contributed by atoms with Crippen LogP contribution >= 0.6 is 0 Å². The van der Waals surface area contributed by atoms with Crippen molar-refractivity contribution in [1.82, 2.24) is 40.4 Å². The summed E-state index contributed by atoms with van der Waals surface area (Å²) in [5, 5.41) is 7.39. The molecule has 4 amide bonds. The van der Waals surface area contributed by atoms with Crippen LogP contribution in [0.4, 0.5) is 9.59 Å². The number of ether oxygens (including phenoxy) is 4. The summed E-state index contributed by atoms with van der Waals surface area (Å²) in [5.41, 5.74) is 7.11. The highest BCUT2D eigenvalue weighted by Gasteiger charge is 2.42. The lowest BCUT2D eigenvalue weighted by molar-refractivity contribution is -0.136. The van der Waals surface area contributed by atoms with E-state index in [-0.39, 0.29) is 41.7 Å². The van der Waals surface area contributed by atoms with Gasteiger partial charge in [-0.3, -0.25) is 9.59 Å². The number of nitrogens with one attached hydrogen (secondary N) is 4. The number of alkyl carbamates (subject to hydrolysis) is 2. The Labute approximate surface area is 376 Å². The minimum Gasteiger partial charge on any atom is -0.488 e. The Bertz CT molecular complexity index is 2770. The number of hydrogen-bond donors (Lipinski definition) is 4. The molecule has 2 saturated heterocycles. The minimum atomic E-state index is -0.911. The highest BCUT2D eigenvalue weighted by atomic mass is 16.5. The van der Waals surface area contributed by atoms with Crippen LogP contribution in [0, 0.1) is 17.8 Å². The Kier molecular flexibility index (Phi) is 11.9. The van der Waals surface area contributed by atoms with Crippen LogP contribution in [0.3, 0.4) is 0 Å². The van der Waals surface area contributed by atoms with Gasteiger partial charge < -0.3 is 49.3 Å². The third-order valence-electron chi connectivity index (χ3n) is 13.0. The number of amides is 4. The maximum absolute atomic E-state index is 14.2. The second-order valence-corrected chi connectivity index (χ2v) is 17.7. The maximum atomic E-state index is 14.2. The average molecular weight is 883 g/mol. The van der Waals surface area contributed by atoms with Crippen molar-refractivity contribution in [2.75, 3.05) is 41.0 Å². The van der Waals surface area contributed by atoms with Gasteiger partial charge >= 0.3 is 12.2 Å². The lowest BCUT2D eigenvalue weighted by Gasteiger charge is -2.30. The number of nitrogens with zero attached hydrogens (tertiary/aromatic N) is 4. The van der Waals surface area contributed by atoms with E-state index in [1.165, 1.54) is 14.2 Å². The second kappa shape index (κ2) is 17.9. The third kappa shape index (κ3) is 8.34. The Balaban J connectivity index is 0.973. The normalized spacial score (nSPS) is 20.0. The molecule has 6 aromatic rings. The van der Waals surface area contributed by atoms with Crippen molar-refractivity contribution in [2.45, 2.75) is 64.4 Å². The van der Waals surface area contributed by atoms with Crippen LogP contribution in [0.1, 0.15) is 74.5 Å². The lowest BCUT2D eigenvalue weighted by atomic mass is 9.92. The molecule has 5 heterocycles. The summed E-state index contributed by atoms with van der Waals surface area (Å²) in [7, 11) is 4.23. The molecule has 0 unspecified atom stereocenters. The van der Waals surface area contributed by atoms with E-state index in [1.54, 1.807) is 18.2 Å². The molecule has 16 heteroatoms. The van der Waals surface area contributed by atoms with Gasteiger partial charge in [0.15, 0.2) is 0 Å². The van der Waals surface area contributed by atoms with Crippen LogP contribution in [0.2, 0.25) is 0 Å². The smallest absolute Gasteiger partial charge is 0.407 e. The zero-order valence-corrected chi connectivity index (χ0v) is 37.3. The predicted molar refractivity (Wildman–Crippen MR) is 243 cm³/mol. The first-order valence-corrected chi connectivity index (χ1v) is 22.1. The zero-order valence-electron chi connectivity index (χ0n) is 37.3. The third-order valence-corrected chi connectivity index (χ3v) is 13.0. The van der Waals surface area contributed by atoms with Crippen molar-refractivity contribution in [1.29, 1.82) is 0 Å². The molecule has 0 aliphatic carbocycles. The fourth-order valence-corrected chi connectivity index (χ4v) is 9.77. The van der Waals surface area contributed by atoms with Gasteiger partial charge in [-0.1, -0.05) is 69.3 Å². The SMILES string of the molecule is COC[C@H]1C[C@@H](c2nc3c(ccc4cc5c(cc43)OCc3cc(-c4cnc([C@@H]6C[C@H](C)CN6C(=O)[C@H](NC(=O)OC)c6ccccc6)[nH]4)ccc3-5)[nH]2)N(C(=O)[C@@H](NC(=O)OC)C(C)C)C1. The quantitative estimate of drug-likeness (QED) is 0.101. The van der Waals surface area contributed by atoms with E-state index in [1.807, 2.05) is 55.1 Å². The standard InChI is InChI=1S/C49H54N8O8/c1-26(2)41(54-48(60)63-5)46(58)57-23-28(24-62-4)17-39(57)45-51-36-15-13-30-19-35-33-14-12-31(18-32(33)25-65-40(35)20-34(30)43(36)53-45)37-21-50-44(52-37)38-16-27(3)22-56(38)47(59)42(55-49(61)64-6)29-10-8-7-9-11-29/h7-15,18-21,26-28,38-39,41-42H,16-17,22-25H2,1-6H3,(H,50,52)(H,51,53)(H,54,60)(H,55,61)/t27-,28-,38-,39-,41-,42+/m0/s1. The van der Waals surface area contributed by atoms with Crippen molar-refractivity contribution in [3.05, 3.63) is 102 Å². The van der Waals surface area contributed by atoms with Crippen LogP contribution < -0.4 is 15.4 Å². The number of carbonyl (C=O) groups is 4. The van der Waals surface area contributed by atoms with E-state index < -0.39 is 24.3 Å². The summed E-state index contributed by atoms with van der Waals surface area (Å²) < 4.78 is 21.7. The molecule has 0 spiro atoms. The number of aromatic nitrogens is 4. The van der Waals surface area contributed by atoms with Gasteiger partial charge in [0, 0.05) is 37.1 Å². The first-order chi connectivity index (χ1) is 31.4. The molecule has 2 fully saturated rings. The highest BCUT2D eigenvalue weighted by Crippen LogP contribution is 2.44. The molecule has 9 rings (SSSR count). The Hall–Kier alpha value is -6.94. The Morgan fingerprint density at radius 2 is 1.58 bits per heavy atom. The van der Waals surface area contributed by atoms with E-state index in [0.29, 0.717) is 49.9 Å². The van der Waals surface area contributed by atoms with E-state index in [0.717, 1.165) is 61.9 Å². The molecule has 65 heavy (non-hydrogen) atoms. The highest BCUT2D eigenvalue weighted by molar-refractivity contribution is 6.07. The summed E-state index contributed by atoms with van der Waals surface area (Å²) in [6.07, 6.45) is 1.84. The number of aromatic amines is 2. The van der Waals surface area contributed by atoms with Crippen LogP contribution in [0.25, 0.3) is 44.2 Å². The molecule has 0 bridgehead atoms. The van der Waals surface area contributed by atoms with Gasteiger partial charge in [0.05, 0.1) is 55.8 Å². The van der Waals surface area contributed by atoms with Gasteiger partial charge in [-0.25, -0.2) is 19.6 Å². The summed E-state index contributed by atoms with van der Waals surface area (Å²) >= 11 is 0. The predicted octanol–water partition coefficient (Wildman–Crippen LogP) is 7.59. The number of likely N-dealkylation sites (tertiary alicyclic amines) is 2. The summed E-state index contributed by atoms with van der Waals surface area (Å²) in [5.74, 6) is 1.83. The van der Waals surface area contributed by atoms with Crippen molar-refractivity contribution in [2.24, 2.45) is 17.8 Å². The van der Waals surface area contributed by atoms with Gasteiger partial charge in [-0.2, -0.15) is 0 Å². The molecular formula is C49H54N8O8. The van der Waals surface area contributed by atoms with Crippen LogP contribution in [-0.4, -0.2) is 101 Å². The summed E-state index contributed by atoms with van der Waals surface area (Å²) in [4.78, 5) is 73.4. The minimum absolute atomic E-state index is 0.0924. The molecule has 4 N–H and O–H groups in total. The molecule has 0 radical (unpaired) electrons. The second-order valence-electron chi connectivity index (χ2n) is 17.7. The van der Waals surface area contributed by atoms with Crippen LogP contribution in [0.5, 0.6) is 5.75 Å². The molecule has 2 aromatic heterocycles. The number of rotatable bonds is 11. The number of fused-ring (bicyclic) bond motifs is 6. The molecular weight excluding hydrogens is 829 g/mol. The average Bonchev–Trinajstić information content (AvgIpc) is 4.15. The lowest BCUT2D eigenvalue weighted by Crippen LogP contribution is -2.51. The topological polar surface area (TPSA) is 193 Å². The van der Waals surface area contributed by atoms with E-state index in [4.69, 9.17) is 28.9 Å². The number of H-pyrrole nitrogens is 2. The first kappa shape index (κ1) is 43.3. The van der Waals surface area contributed by atoms with E-state index >= 15 is 0 Å². The van der Waals surface area contributed by atoms with Crippen molar-refractivity contribution in [3.63, 3.8) is 0 Å². The molecule has 4 aromatic carbocycles. The number of hydrogen-bond acceptors (Lipinski definition) is 10. The molecule has 16 nitrogen and oxygen atoms in total. The number of carbonyl (C=O) groups excluding carboxylic acids is 4. The fourth-order valence-electron chi connectivity index (χ4n) is 9.77. The molecule has 0 saturated carbocycles. The Morgan fingerprint density at radius 1 is 0.831 bits per heavy atom. The molecule has 6 atom stereocenters. The van der Waals surface area contributed by atoms with Gasteiger partial charge in [0.25, 0.3) is 5.91 Å². The van der Waals surface area contributed by atoms with Crippen molar-refractivity contribution in [3.8, 4) is 28.1 Å². The van der Waals surface area contributed by atoms with Crippen molar-refractivity contribution >= 4 is 45.8 Å². The van der Waals surface area contributed by atoms with E-state index in [9.17, 15) is 19.2 Å². The van der Waals surface area contributed by atoms with Gasteiger partial charge in [-0.15, -0.1) is 0 Å². The number of benzene rings is 4. The van der Waals surface area contributed by atoms with Crippen LogP contribution in [-0.2, 0) is 30.4 Å². The summed E-state index contributed by atoms with van der Waals surface area (Å²) in [6, 6.07) is 21.4. The van der Waals surface area contributed by atoms with Gasteiger partial charge in [0.1, 0.15) is 36.1 Å². The summed E-state index contributed by atoms with van der Waals surface area (Å²) in [6.45, 7) is 7.74. The zero-order chi connectivity index (χ0) is 45.5. The first-order valence-electron chi connectivity index (χ1n) is 22.1. The molecule has 338 valence electrons. The number of methoxy groups -OCH3 is 3. The fraction of sp³-hybridized carbons (Fsp3) is 0.388. The van der Waals surface area contributed by atoms with Gasteiger partial charge in [0.2, 0.25) is 5.91 Å². The van der Waals surface area contributed by atoms with Crippen molar-refractivity contribution < 1.29 is 38.1 Å². The number of imidazole rings is 2. The maximum Gasteiger partial charge on any atom is 0.407 e. The molecule has 3 aliphatic heterocycles. The van der Waals surface area contributed by atoms with Crippen LogP contribution in [0.15, 0.2) is 79.0 Å². The van der Waals surface area contributed by atoms with E-state index in [2.05, 4.69) is 63.9 Å².